The van der Waals surface area contributed by atoms with Crippen molar-refractivity contribution in [2.75, 3.05) is 0 Å². The number of aromatic nitrogens is 2. The number of aromatic amines is 1. The van der Waals surface area contributed by atoms with Gasteiger partial charge in [0.15, 0.2) is 0 Å². The lowest BCUT2D eigenvalue weighted by Crippen LogP contribution is -2.42. The molecule has 2 atom stereocenters. The quantitative estimate of drug-likeness (QED) is 0.257. The van der Waals surface area contributed by atoms with Crippen molar-refractivity contribution >= 4 is 0 Å². The van der Waals surface area contributed by atoms with Crippen molar-refractivity contribution in [3.8, 4) is 0 Å². The molecule has 2 rings (SSSR count). The van der Waals surface area contributed by atoms with Crippen molar-refractivity contribution in [2.45, 2.75) is 96.9 Å². The van der Waals surface area contributed by atoms with Gasteiger partial charge < -0.3 is 0 Å². The highest BCUT2D eigenvalue weighted by Gasteiger charge is 2.26. The minimum absolute atomic E-state index is 0.611. The summed E-state index contributed by atoms with van der Waals surface area (Å²) in [6.45, 7) is 4.60. The Balaban J connectivity index is 2.04. The molecule has 0 bridgehead atoms. The van der Waals surface area contributed by atoms with Gasteiger partial charge in [0.2, 0.25) is 6.33 Å². The second-order valence-electron chi connectivity index (χ2n) is 8.13. The molecule has 0 saturated heterocycles. The first kappa shape index (κ1) is 21.7. The first-order chi connectivity index (χ1) is 13.3. The summed E-state index contributed by atoms with van der Waals surface area (Å²) >= 11 is 0. The van der Waals surface area contributed by atoms with Crippen molar-refractivity contribution in [3.05, 3.63) is 54.6 Å². The molecule has 0 aliphatic heterocycles. The van der Waals surface area contributed by atoms with Gasteiger partial charge in [-0.3, -0.25) is 4.98 Å². The van der Waals surface area contributed by atoms with Gasteiger partial charge in [-0.1, -0.05) is 95.5 Å². The van der Waals surface area contributed by atoms with Crippen LogP contribution < -0.4 is 4.57 Å². The summed E-state index contributed by atoms with van der Waals surface area (Å²) in [7, 11) is 0. The molecule has 2 heteroatoms. The predicted molar refractivity (Wildman–Crippen MR) is 116 cm³/mol. The summed E-state index contributed by atoms with van der Waals surface area (Å²) in [5, 5.41) is 0. The third-order valence-corrected chi connectivity index (χ3v) is 5.87. The van der Waals surface area contributed by atoms with Gasteiger partial charge in [-0.05, 0) is 31.2 Å². The van der Waals surface area contributed by atoms with E-state index in [1.165, 1.54) is 82.6 Å². The summed E-state index contributed by atoms with van der Waals surface area (Å²) in [5.41, 5.74) is 1.49. The van der Waals surface area contributed by atoms with Crippen LogP contribution in [0.25, 0.3) is 0 Å². The Morgan fingerprint density at radius 1 is 0.815 bits per heavy atom. The van der Waals surface area contributed by atoms with Crippen LogP contribution in [0.1, 0.15) is 96.1 Å². The monoisotopic (exact) mass is 369 g/mol. The van der Waals surface area contributed by atoms with Crippen molar-refractivity contribution in [1.29, 1.82) is 0 Å². The maximum Gasteiger partial charge on any atom is 0.241 e. The van der Waals surface area contributed by atoms with Crippen molar-refractivity contribution in [3.63, 3.8) is 0 Å². The first-order valence-electron chi connectivity index (χ1n) is 11.4. The number of benzene rings is 1. The first-order valence-corrected chi connectivity index (χ1v) is 11.4. The summed E-state index contributed by atoms with van der Waals surface area (Å²) in [6.07, 6.45) is 22.6. The van der Waals surface area contributed by atoms with Crippen molar-refractivity contribution in [1.82, 2.24) is 4.98 Å². The minimum atomic E-state index is 0.611. The molecule has 0 aliphatic rings. The van der Waals surface area contributed by atoms with Gasteiger partial charge in [0.25, 0.3) is 0 Å². The fourth-order valence-corrected chi connectivity index (χ4v) is 4.27. The van der Waals surface area contributed by atoms with Crippen LogP contribution in [0.2, 0.25) is 0 Å². The molecule has 0 amide bonds. The van der Waals surface area contributed by atoms with E-state index in [0.717, 1.165) is 5.92 Å². The molecule has 0 aliphatic carbocycles. The minimum Gasteiger partial charge on any atom is -0.250 e. The van der Waals surface area contributed by atoms with Gasteiger partial charge in [0, 0.05) is 5.92 Å². The summed E-state index contributed by atoms with van der Waals surface area (Å²) in [4.78, 5) is 3.28. The summed E-state index contributed by atoms with van der Waals surface area (Å²) in [5.74, 6) is 0.719. The van der Waals surface area contributed by atoms with Crippen LogP contribution in [-0.2, 0) is 6.42 Å². The number of hydrogen-bond acceptors (Lipinski definition) is 0. The molecule has 150 valence electrons. The molecule has 0 radical (unpaired) electrons. The molecule has 1 N–H and O–H groups in total. The van der Waals surface area contributed by atoms with Gasteiger partial charge in [-0.15, -0.1) is 0 Å². The molecule has 0 saturated carbocycles. The molecule has 27 heavy (non-hydrogen) atoms. The molecule has 1 heterocycles. The van der Waals surface area contributed by atoms with E-state index in [2.05, 4.69) is 72.5 Å². The molecule has 2 nitrogen and oxygen atoms in total. The Labute approximate surface area is 167 Å². The lowest BCUT2D eigenvalue weighted by Gasteiger charge is -2.25. The number of hydrogen-bond donors (Lipinski definition) is 1. The Hall–Kier alpha value is -1.57. The number of unbranched alkanes of at least 4 members (excludes halogenated alkanes) is 7. The highest BCUT2D eigenvalue weighted by molar-refractivity contribution is 5.15. The number of imidazole rings is 1. The fourth-order valence-electron chi connectivity index (χ4n) is 4.27. The van der Waals surface area contributed by atoms with Gasteiger partial charge in [-0.25, -0.2) is 4.57 Å². The lowest BCUT2D eigenvalue weighted by molar-refractivity contribution is -0.730. The smallest absolute Gasteiger partial charge is 0.241 e. The zero-order chi connectivity index (χ0) is 19.2. The van der Waals surface area contributed by atoms with Gasteiger partial charge in [0.1, 0.15) is 18.4 Å². The normalized spacial score (nSPS) is 13.6. The Kier molecular flexibility index (Phi) is 10.9. The van der Waals surface area contributed by atoms with E-state index in [-0.39, 0.29) is 0 Å². The Bertz CT molecular complexity index is 561. The largest absolute Gasteiger partial charge is 0.250 e. The number of H-pyrrole nitrogens is 1. The van der Waals surface area contributed by atoms with Crippen LogP contribution in [0, 0.1) is 5.92 Å². The van der Waals surface area contributed by atoms with E-state index in [0.29, 0.717) is 6.04 Å². The summed E-state index contributed by atoms with van der Waals surface area (Å²) < 4.78 is 2.45. The van der Waals surface area contributed by atoms with E-state index in [4.69, 9.17) is 0 Å². The topological polar surface area (TPSA) is 19.7 Å². The zero-order valence-corrected chi connectivity index (χ0v) is 17.7. The van der Waals surface area contributed by atoms with E-state index in [1.54, 1.807) is 0 Å². The van der Waals surface area contributed by atoms with E-state index in [9.17, 15) is 0 Å². The third kappa shape index (κ3) is 8.32. The molecule has 0 fully saturated rings. The molecule has 0 spiro atoms. The SMILES string of the molecule is CCCCCCCC(Cc1ccccc1)C(CCCCCC)[n+]1cc[nH]c1. The molecule has 2 aromatic rings. The van der Waals surface area contributed by atoms with Crippen LogP contribution in [-0.4, -0.2) is 4.98 Å². The van der Waals surface area contributed by atoms with Gasteiger partial charge >= 0.3 is 0 Å². The van der Waals surface area contributed by atoms with E-state index < -0.39 is 0 Å². The van der Waals surface area contributed by atoms with E-state index in [1.807, 2.05) is 0 Å². The van der Waals surface area contributed by atoms with Gasteiger partial charge in [0.05, 0.1) is 0 Å². The van der Waals surface area contributed by atoms with Crippen LogP contribution in [0.5, 0.6) is 0 Å². The Morgan fingerprint density at radius 3 is 2.15 bits per heavy atom. The fraction of sp³-hybridized carbons (Fsp3) is 0.640. The molecule has 1 aromatic carbocycles. The highest BCUT2D eigenvalue weighted by atomic mass is 15.1. The molecular formula is C25H41N2+. The average molecular weight is 370 g/mol. The van der Waals surface area contributed by atoms with Crippen LogP contribution in [0.15, 0.2) is 49.1 Å². The van der Waals surface area contributed by atoms with Gasteiger partial charge in [-0.2, -0.15) is 0 Å². The van der Waals surface area contributed by atoms with Crippen molar-refractivity contribution in [2.24, 2.45) is 5.92 Å². The molecule has 1 aromatic heterocycles. The number of nitrogens with one attached hydrogen (secondary N) is 1. The summed E-state index contributed by atoms with van der Waals surface area (Å²) in [6, 6.07) is 11.7. The second-order valence-corrected chi connectivity index (χ2v) is 8.13. The lowest BCUT2D eigenvalue weighted by atomic mass is 9.84. The highest BCUT2D eigenvalue weighted by Crippen LogP contribution is 2.28. The van der Waals surface area contributed by atoms with Crippen molar-refractivity contribution < 1.29 is 4.57 Å². The maximum atomic E-state index is 3.28. The second kappa shape index (κ2) is 13.6. The zero-order valence-electron chi connectivity index (χ0n) is 17.7. The standard InChI is InChI=1S/C25H40N2/c1-3-5-7-9-13-17-24(21-23-15-11-10-12-16-23)25(18-14-8-6-4-2)27-20-19-26-22-27/h10-12,15-16,19-20,22,24-25H,3-9,13-14,17-18,21H2,1-2H3/p+1. The van der Waals surface area contributed by atoms with Crippen LogP contribution >= 0.6 is 0 Å². The number of rotatable bonds is 15. The maximum absolute atomic E-state index is 3.28. The predicted octanol–water partition coefficient (Wildman–Crippen LogP) is 7.03. The average Bonchev–Trinajstić information content (AvgIpc) is 3.22. The number of nitrogens with zero attached hydrogens (tertiary/aromatic N) is 1. The Morgan fingerprint density at radius 2 is 1.48 bits per heavy atom. The van der Waals surface area contributed by atoms with E-state index >= 15 is 0 Å². The third-order valence-electron chi connectivity index (χ3n) is 5.87. The van der Waals surface area contributed by atoms with Crippen LogP contribution in [0.4, 0.5) is 0 Å². The molecule has 2 unspecified atom stereocenters. The molecular weight excluding hydrogens is 328 g/mol. The van der Waals surface area contributed by atoms with Crippen LogP contribution in [0.3, 0.4) is 0 Å².